The summed E-state index contributed by atoms with van der Waals surface area (Å²) >= 11 is 1.32. The first-order valence-corrected chi connectivity index (χ1v) is 14.1. The van der Waals surface area contributed by atoms with E-state index in [1.54, 1.807) is 18.2 Å². The van der Waals surface area contributed by atoms with Gasteiger partial charge in [-0.05, 0) is 24.5 Å². The highest BCUT2D eigenvalue weighted by Crippen LogP contribution is 2.27. The van der Waals surface area contributed by atoms with Crippen LogP contribution in [0.4, 0.5) is 4.39 Å². The molecule has 33 heavy (non-hydrogen) atoms. The van der Waals surface area contributed by atoms with E-state index >= 15 is 0 Å². The number of rotatable bonds is 7. The fourth-order valence-electron chi connectivity index (χ4n) is 4.38. The smallest absolute Gasteiger partial charge is 0.233 e. The van der Waals surface area contributed by atoms with Gasteiger partial charge in [0.25, 0.3) is 0 Å². The molecule has 8 nitrogen and oxygen atoms in total. The zero-order valence-corrected chi connectivity index (χ0v) is 20.6. The number of piperazine rings is 1. The number of halogens is 1. The van der Waals surface area contributed by atoms with Gasteiger partial charge in [0.1, 0.15) is 5.82 Å². The van der Waals surface area contributed by atoms with Gasteiger partial charge in [0.05, 0.1) is 22.8 Å². The fraction of sp³-hybridized carbons (Fsp3) is 0.591. The molecule has 1 aromatic heterocycles. The average Bonchev–Trinajstić information content (AvgIpc) is 3.34. The second kappa shape index (κ2) is 10.1. The van der Waals surface area contributed by atoms with Crippen LogP contribution < -0.4 is 0 Å². The summed E-state index contributed by atoms with van der Waals surface area (Å²) < 4.78 is 39.8. The summed E-state index contributed by atoms with van der Waals surface area (Å²) in [6.07, 6.45) is 0.683. The maximum absolute atomic E-state index is 14.4. The molecule has 0 bridgehead atoms. The summed E-state index contributed by atoms with van der Waals surface area (Å²) in [5, 5.41) is 9.09. The van der Waals surface area contributed by atoms with Crippen LogP contribution in [0.2, 0.25) is 0 Å². The van der Waals surface area contributed by atoms with Crippen molar-refractivity contribution in [3.8, 4) is 11.4 Å². The minimum atomic E-state index is -2.91. The summed E-state index contributed by atoms with van der Waals surface area (Å²) in [5.74, 6) is 1.16. The van der Waals surface area contributed by atoms with Crippen molar-refractivity contribution in [2.24, 2.45) is 5.92 Å². The van der Waals surface area contributed by atoms with Crippen molar-refractivity contribution < 1.29 is 17.6 Å². The zero-order chi connectivity index (χ0) is 23.6. The largest absolute Gasteiger partial charge is 0.339 e. The molecular formula is C22H30FN5O3S2. The highest BCUT2D eigenvalue weighted by atomic mass is 32.2. The molecule has 2 aliphatic rings. The molecule has 11 heteroatoms. The summed E-state index contributed by atoms with van der Waals surface area (Å²) in [5.41, 5.74) is 0.397. The summed E-state index contributed by atoms with van der Waals surface area (Å²) in [7, 11) is -2.91. The molecular weight excluding hydrogens is 465 g/mol. The van der Waals surface area contributed by atoms with Crippen LogP contribution in [0.15, 0.2) is 29.4 Å². The van der Waals surface area contributed by atoms with Crippen molar-refractivity contribution in [1.82, 2.24) is 24.6 Å². The van der Waals surface area contributed by atoms with Crippen molar-refractivity contribution in [3.05, 3.63) is 30.1 Å². The second-order valence-corrected chi connectivity index (χ2v) is 12.2. The lowest BCUT2D eigenvalue weighted by Crippen LogP contribution is -2.52. The highest BCUT2D eigenvalue weighted by molar-refractivity contribution is 7.99. The number of benzene rings is 1. The van der Waals surface area contributed by atoms with Crippen LogP contribution in [0.1, 0.15) is 20.3 Å². The summed E-state index contributed by atoms with van der Waals surface area (Å²) in [6, 6.07) is 6.57. The Morgan fingerprint density at radius 2 is 1.91 bits per heavy atom. The van der Waals surface area contributed by atoms with Gasteiger partial charge in [-0.3, -0.25) is 9.69 Å². The molecule has 1 aromatic carbocycles. The topological polar surface area (TPSA) is 88.4 Å². The normalized spacial score (nSPS) is 21.1. The van der Waals surface area contributed by atoms with Crippen LogP contribution >= 0.6 is 11.8 Å². The highest BCUT2D eigenvalue weighted by Gasteiger charge is 2.34. The Bertz CT molecular complexity index is 1100. The Balaban J connectivity index is 1.37. The Morgan fingerprint density at radius 1 is 1.18 bits per heavy atom. The van der Waals surface area contributed by atoms with E-state index in [0.717, 1.165) is 0 Å². The average molecular weight is 496 g/mol. The number of hydrogen-bond donors (Lipinski definition) is 0. The van der Waals surface area contributed by atoms with Crippen LogP contribution in [0.5, 0.6) is 0 Å². The van der Waals surface area contributed by atoms with E-state index in [1.165, 1.54) is 17.8 Å². The van der Waals surface area contributed by atoms with Crippen LogP contribution in [0.25, 0.3) is 11.4 Å². The number of aromatic nitrogens is 3. The third kappa shape index (κ3) is 5.75. The number of nitrogens with zero attached hydrogens (tertiary/aromatic N) is 5. The molecule has 2 fully saturated rings. The Kier molecular flexibility index (Phi) is 7.40. The number of sulfone groups is 1. The van der Waals surface area contributed by atoms with Crippen molar-refractivity contribution in [2.75, 3.05) is 43.4 Å². The van der Waals surface area contributed by atoms with Crippen LogP contribution in [0.3, 0.4) is 0 Å². The van der Waals surface area contributed by atoms with Gasteiger partial charge in [0, 0.05) is 38.8 Å². The summed E-state index contributed by atoms with van der Waals surface area (Å²) in [6.45, 7) is 7.33. The van der Waals surface area contributed by atoms with E-state index in [0.29, 0.717) is 61.6 Å². The third-order valence-electron chi connectivity index (χ3n) is 6.10. The number of thioether (sulfide) groups is 1. The number of amides is 1. The zero-order valence-electron chi connectivity index (χ0n) is 19.0. The predicted octanol–water partition coefficient (Wildman–Crippen LogP) is 2.16. The first kappa shape index (κ1) is 24.2. The maximum atomic E-state index is 14.4. The Hall–Kier alpha value is -1.98. The van der Waals surface area contributed by atoms with Gasteiger partial charge < -0.3 is 9.47 Å². The van der Waals surface area contributed by atoms with Gasteiger partial charge in [-0.1, -0.05) is 37.7 Å². The van der Waals surface area contributed by atoms with Gasteiger partial charge in [-0.2, -0.15) is 0 Å². The van der Waals surface area contributed by atoms with Crippen molar-refractivity contribution in [2.45, 2.75) is 38.0 Å². The van der Waals surface area contributed by atoms with Gasteiger partial charge in [0.2, 0.25) is 5.91 Å². The molecule has 2 aliphatic heterocycles. The van der Waals surface area contributed by atoms with E-state index < -0.39 is 9.84 Å². The first-order valence-electron chi connectivity index (χ1n) is 11.3. The van der Waals surface area contributed by atoms with Crippen LogP contribution in [0, 0.1) is 11.7 Å². The molecule has 2 aromatic rings. The standard InChI is InChI=1S/C22H30FN5O3S2/c1-16(2)13-28-21(18-5-3-4-6-19(18)23)24-25-22(28)32-14-20(29)27-10-8-26(9-11-27)17-7-12-33(30,31)15-17/h3-6,16-17H,7-15H2,1-2H3. The molecule has 1 unspecified atom stereocenters. The second-order valence-electron chi connectivity index (χ2n) is 9.05. The fourth-order valence-corrected chi connectivity index (χ4v) is 7.00. The molecule has 1 atom stereocenters. The van der Waals surface area contributed by atoms with E-state index in [-0.39, 0.29) is 35.0 Å². The monoisotopic (exact) mass is 495 g/mol. The quantitative estimate of drug-likeness (QED) is 0.544. The molecule has 180 valence electrons. The number of carbonyl (C=O) groups excluding carboxylic acids is 1. The van der Waals surface area contributed by atoms with Crippen LogP contribution in [-0.4, -0.2) is 88.4 Å². The van der Waals surface area contributed by atoms with Gasteiger partial charge in [0.15, 0.2) is 20.8 Å². The molecule has 1 amide bonds. The van der Waals surface area contributed by atoms with Crippen LogP contribution in [-0.2, 0) is 21.2 Å². The minimum absolute atomic E-state index is 0.0187. The predicted molar refractivity (Wildman–Crippen MR) is 126 cm³/mol. The Labute approximate surface area is 198 Å². The van der Waals surface area contributed by atoms with E-state index in [1.807, 2.05) is 9.47 Å². The SMILES string of the molecule is CC(C)Cn1c(SCC(=O)N2CCN(C3CCS(=O)(=O)C3)CC2)nnc1-c1ccccc1F. The lowest BCUT2D eigenvalue weighted by Gasteiger charge is -2.37. The van der Waals surface area contributed by atoms with E-state index in [9.17, 15) is 17.6 Å². The lowest BCUT2D eigenvalue weighted by atomic mass is 10.2. The molecule has 0 saturated carbocycles. The molecule has 0 N–H and O–H groups in total. The summed E-state index contributed by atoms with van der Waals surface area (Å²) in [4.78, 5) is 16.9. The molecule has 2 saturated heterocycles. The van der Waals surface area contributed by atoms with Gasteiger partial charge in [-0.15, -0.1) is 10.2 Å². The van der Waals surface area contributed by atoms with Gasteiger partial charge in [-0.25, -0.2) is 12.8 Å². The third-order valence-corrected chi connectivity index (χ3v) is 8.80. The molecule has 0 radical (unpaired) electrons. The molecule has 0 aliphatic carbocycles. The lowest BCUT2D eigenvalue weighted by molar-refractivity contribution is -0.130. The number of carbonyl (C=O) groups is 1. The van der Waals surface area contributed by atoms with E-state index in [2.05, 4.69) is 28.9 Å². The van der Waals surface area contributed by atoms with Crippen molar-refractivity contribution >= 4 is 27.5 Å². The molecule has 0 spiro atoms. The van der Waals surface area contributed by atoms with Crippen molar-refractivity contribution in [1.29, 1.82) is 0 Å². The van der Waals surface area contributed by atoms with Crippen molar-refractivity contribution in [3.63, 3.8) is 0 Å². The molecule has 4 rings (SSSR count). The number of hydrogen-bond acceptors (Lipinski definition) is 7. The Morgan fingerprint density at radius 3 is 2.55 bits per heavy atom. The minimum Gasteiger partial charge on any atom is -0.339 e. The maximum Gasteiger partial charge on any atom is 0.233 e. The van der Waals surface area contributed by atoms with E-state index in [4.69, 9.17) is 0 Å². The molecule has 3 heterocycles. The van der Waals surface area contributed by atoms with Gasteiger partial charge >= 0.3 is 0 Å². The first-order chi connectivity index (χ1) is 15.7.